The van der Waals surface area contributed by atoms with Gasteiger partial charge in [-0.25, -0.2) is 19.9 Å². The quantitative estimate of drug-likeness (QED) is 0.183. The second kappa shape index (κ2) is 12.1. The van der Waals surface area contributed by atoms with E-state index >= 15 is 0 Å². The van der Waals surface area contributed by atoms with Gasteiger partial charge in [0.05, 0.1) is 11.2 Å². The second-order valence-corrected chi connectivity index (χ2v) is 13.7. The third kappa shape index (κ3) is 5.14. The maximum absolute atomic E-state index is 5.48. The lowest BCUT2D eigenvalue weighted by Gasteiger charge is -2.12. The Balaban J connectivity index is 1.15. The van der Waals surface area contributed by atoms with Crippen molar-refractivity contribution in [2.24, 2.45) is 0 Å². The van der Waals surface area contributed by atoms with Gasteiger partial charge in [0.1, 0.15) is 0 Å². The Hall–Kier alpha value is -6.56. The molecule has 238 valence electrons. The maximum Gasteiger partial charge on any atom is 0.164 e. The number of hydrogen-bond donors (Lipinski definition) is 0. The predicted octanol–water partition coefficient (Wildman–Crippen LogP) is 12.3. The summed E-state index contributed by atoms with van der Waals surface area (Å²) in [5, 5.41) is 6.03. The fraction of sp³-hybridized carbons (Fsp3) is 0. The van der Waals surface area contributed by atoms with Crippen LogP contribution in [0.1, 0.15) is 0 Å². The molecule has 0 bridgehead atoms. The van der Waals surface area contributed by atoms with E-state index in [2.05, 4.69) is 109 Å². The standard InChI is InChI=1S/C46H28N4S/c1-3-14-30(15-4-1)44-48-45(31-16-5-2-6-17-31)50-46(49-44)34-20-11-19-32(27-34)33-25-26-37-39(28-33)47-42(36-23-12-18-29-13-7-8-21-35(29)36)41-38-22-9-10-24-40(38)51-43(37)41/h1-28H. The van der Waals surface area contributed by atoms with Crippen molar-refractivity contribution < 1.29 is 0 Å². The van der Waals surface area contributed by atoms with E-state index in [9.17, 15) is 0 Å². The van der Waals surface area contributed by atoms with E-state index in [0.717, 1.165) is 50.0 Å². The van der Waals surface area contributed by atoms with Crippen LogP contribution in [0, 0.1) is 0 Å². The van der Waals surface area contributed by atoms with Gasteiger partial charge in [0, 0.05) is 47.8 Å². The minimum absolute atomic E-state index is 0.633. The predicted molar refractivity (Wildman–Crippen MR) is 213 cm³/mol. The Kier molecular flexibility index (Phi) is 6.96. The van der Waals surface area contributed by atoms with Crippen molar-refractivity contribution in [3.63, 3.8) is 0 Å². The van der Waals surface area contributed by atoms with E-state index in [-0.39, 0.29) is 0 Å². The summed E-state index contributed by atoms with van der Waals surface area (Å²) in [5.74, 6) is 1.93. The molecule has 0 aliphatic heterocycles. The molecular formula is C46H28N4S. The van der Waals surface area contributed by atoms with E-state index in [1.165, 1.54) is 30.9 Å². The topological polar surface area (TPSA) is 51.6 Å². The lowest BCUT2D eigenvalue weighted by atomic mass is 9.96. The molecule has 0 saturated carbocycles. The molecule has 0 fully saturated rings. The first kappa shape index (κ1) is 29.4. The Morgan fingerprint density at radius 3 is 1.71 bits per heavy atom. The normalized spacial score (nSPS) is 11.5. The molecule has 0 N–H and O–H groups in total. The molecule has 0 saturated heterocycles. The second-order valence-electron chi connectivity index (χ2n) is 12.6. The zero-order valence-electron chi connectivity index (χ0n) is 27.4. The van der Waals surface area contributed by atoms with Crippen molar-refractivity contribution in [1.29, 1.82) is 0 Å². The lowest BCUT2D eigenvalue weighted by Crippen LogP contribution is -2.00. The molecular weight excluding hydrogens is 641 g/mol. The molecule has 10 aromatic rings. The van der Waals surface area contributed by atoms with Crippen LogP contribution in [0.15, 0.2) is 170 Å². The largest absolute Gasteiger partial charge is 0.247 e. The number of rotatable bonds is 5. The maximum atomic E-state index is 5.48. The van der Waals surface area contributed by atoms with Crippen LogP contribution in [0.2, 0.25) is 0 Å². The van der Waals surface area contributed by atoms with Crippen molar-refractivity contribution >= 4 is 53.2 Å². The minimum atomic E-state index is 0.633. The molecule has 0 atom stereocenters. The van der Waals surface area contributed by atoms with E-state index in [0.29, 0.717) is 17.5 Å². The minimum Gasteiger partial charge on any atom is -0.247 e. The van der Waals surface area contributed by atoms with Gasteiger partial charge in [0.25, 0.3) is 0 Å². The van der Waals surface area contributed by atoms with Crippen molar-refractivity contribution in [1.82, 2.24) is 19.9 Å². The number of fused-ring (bicyclic) bond motifs is 6. The molecule has 0 aliphatic carbocycles. The van der Waals surface area contributed by atoms with Gasteiger partial charge in [0.15, 0.2) is 17.5 Å². The molecule has 10 rings (SSSR count). The molecule has 3 heterocycles. The van der Waals surface area contributed by atoms with Crippen LogP contribution in [-0.4, -0.2) is 19.9 Å². The summed E-state index contributed by atoms with van der Waals surface area (Å²) in [5.41, 5.74) is 8.11. The molecule has 5 heteroatoms. The summed E-state index contributed by atoms with van der Waals surface area (Å²) >= 11 is 1.84. The number of benzene rings is 7. The molecule has 0 unspecified atom stereocenters. The zero-order chi connectivity index (χ0) is 33.7. The summed E-state index contributed by atoms with van der Waals surface area (Å²) in [6, 6.07) is 59.1. The fourth-order valence-corrected chi connectivity index (χ4v) is 8.28. The van der Waals surface area contributed by atoms with Gasteiger partial charge < -0.3 is 0 Å². The summed E-state index contributed by atoms with van der Waals surface area (Å²) in [7, 11) is 0. The first-order chi connectivity index (χ1) is 25.3. The number of hydrogen-bond acceptors (Lipinski definition) is 5. The van der Waals surface area contributed by atoms with Crippen LogP contribution < -0.4 is 0 Å². The summed E-state index contributed by atoms with van der Waals surface area (Å²) in [6.45, 7) is 0. The first-order valence-electron chi connectivity index (χ1n) is 17.0. The van der Waals surface area contributed by atoms with E-state index in [1.54, 1.807) is 0 Å². The molecule has 0 spiro atoms. The Bertz CT molecular complexity index is 2850. The van der Waals surface area contributed by atoms with Crippen LogP contribution >= 0.6 is 11.3 Å². The average molecular weight is 669 g/mol. The number of aromatic nitrogens is 4. The number of nitrogens with zero attached hydrogens (tertiary/aromatic N) is 4. The molecule has 0 aliphatic rings. The van der Waals surface area contributed by atoms with Crippen molar-refractivity contribution in [3.05, 3.63) is 170 Å². The van der Waals surface area contributed by atoms with Crippen LogP contribution in [0.25, 0.3) is 98.4 Å². The van der Waals surface area contributed by atoms with Crippen LogP contribution in [0.3, 0.4) is 0 Å². The number of thiophene rings is 1. The molecule has 0 radical (unpaired) electrons. The lowest BCUT2D eigenvalue weighted by molar-refractivity contribution is 1.07. The van der Waals surface area contributed by atoms with Gasteiger partial charge in [0.2, 0.25) is 0 Å². The Morgan fingerprint density at radius 2 is 0.941 bits per heavy atom. The molecule has 3 aromatic heterocycles. The molecule has 7 aromatic carbocycles. The van der Waals surface area contributed by atoms with E-state index in [4.69, 9.17) is 19.9 Å². The van der Waals surface area contributed by atoms with Gasteiger partial charge in [-0.05, 0) is 40.1 Å². The first-order valence-corrected chi connectivity index (χ1v) is 17.8. The smallest absolute Gasteiger partial charge is 0.164 e. The van der Waals surface area contributed by atoms with E-state index in [1.807, 2.05) is 72.0 Å². The van der Waals surface area contributed by atoms with Gasteiger partial charge in [-0.2, -0.15) is 0 Å². The highest BCUT2D eigenvalue weighted by Gasteiger charge is 2.19. The van der Waals surface area contributed by atoms with Gasteiger partial charge in [-0.15, -0.1) is 11.3 Å². The summed E-state index contributed by atoms with van der Waals surface area (Å²) < 4.78 is 2.53. The van der Waals surface area contributed by atoms with Crippen LogP contribution in [0.4, 0.5) is 0 Å². The summed E-state index contributed by atoms with van der Waals surface area (Å²) in [4.78, 5) is 20.3. The van der Waals surface area contributed by atoms with Gasteiger partial charge in [-0.1, -0.05) is 152 Å². The third-order valence-electron chi connectivity index (χ3n) is 9.51. The Morgan fingerprint density at radius 1 is 0.373 bits per heavy atom. The molecule has 51 heavy (non-hydrogen) atoms. The highest BCUT2D eigenvalue weighted by molar-refractivity contribution is 7.26. The highest BCUT2D eigenvalue weighted by atomic mass is 32.1. The fourth-order valence-electron chi connectivity index (χ4n) is 7.04. The monoisotopic (exact) mass is 668 g/mol. The van der Waals surface area contributed by atoms with E-state index < -0.39 is 0 Å². The van der Waals surface area contributed by atoms with Crippen LogP contribution in [0.5, 0.6) is 0 Å². The van der Waals surface area contributed by atoms with Crippen molar-refractivity contribution in [2.45, 2.75) is 0 Å². The highest BCUT2D eigenvalue weighted by Crippen LogP contribution is 2.44. The van der Waals surface area contributed by atoms with Crippen LogP contribution in [-0.2, 0) is 0 Å². The molecule has 0 amide bonds. The Labute approximate surface area is 298 Å². The molecule has 4 nitrogen and oxygen atoms in total. The van der Waals surface area contributed by atoms with Gasteiger partial charge in [-0.3, -0.25) is 0 Å². The number of pyridine rings is 1. The average Bonchev–Trinajstić information content (AvgIpc) is 3.61. The zero-order valence-corrected chi connectivity index (χ0v) is 28.2. The van der Waals surface area contributed by atoms with Gasteiger partial charge >= 0.3 is 0 Å². The SMILES string of the molecule is c1ccc(-c2nc(-c3ccccc3)nc(-c3cccc(-c4ccc5c(c4)nc(-c4cccc6ccccc46)c4c6ccccc6sc54)c3)n2)cc1. The van der Waals surface area contributed by atoms with Crippen molar-refractivity contribution in [3.8, 4) is 56.5 Å². The van der Waals surface area contributed by atoms with Crippen molar-refractivity contribution in [2.75, 3.05) is 0 Å². The summed E-state index contributed by atoms with van der Waals surface area (Å²) in [6.07, 6.45) is 0. The third-order valence-corrected chi connectivity index (χ3v) is 10.7.